The standard InChI is InChI=1S/C26H20N6O2/c1-15-6-8-17-10-12-21(29-23(17)27-15)31-25(33)19-4-3-5-20(14-19)26(34)32-22-13-11-18-9-7-16(2)28-24(18)30-22/h3-14H,1-2H3,(H,27,29,31,33)(H,28,30,32,34). The van der Waals surface area contributed by atoms with Gasteiger partial charge in [-0.1, -0.05) is 6.07 Å². The van der Waals surface area contributed by atoms with Gasteiger partial charge in [0.25, 0.3) is 11.8 Å². The number of amides is 2. The molecule has 34 heavy (non-hydrogen) atoms. The van der Waals surface area contributed by atoms with E-state index >= 15 is 0 Å². The molecule has 0 unspecified atom stereocenters. The molecule has 0 atom stereocenters. The molecular formula is C26H20N6O2. The lowest BCUT2D eigenvalue weighted by atomic mass is 10.1. The number of pyridine rings is 4. The molecule has 1 aromatic carbocycles. The number of nitrogens with one attached hydrogen (secondary N) is 2. The molecule has 5 rings (SSSR count). The van der Waals surface area contributed by atoms with E-state index in [1.54, 1.807) is 30.3 Å². The summed E-state index contributed by atoms with van der Waals surface area (Å²) >= 11 is 0. The summed E-state index contributed by atoms with van der Waals surface area (Å²) in [5.74, 6) is 0.0116. The van der Waals surface area contributed by atoms with Crippen LogP contribution in [0.4, 0.5) is 11.6 Å². The third kappa shape index (κ3) is 4.42. The van der Waals surface area contributed by atoms with Crippen molar-refractivity contribution in [2.75, 3.05) is 10.6 Å². The van der Waals surface area contributed by atoms with Crippen molar-refractivity contribution in [3.63, 3.8) is 0 Å². The van der Waals surface area contributed by atoms with Crippen LogP contribution in [0.5, 0.6) is 0 Å². The Kier molecular flexibility index (Phi) is 5.39. The minimum atomic E-state index is -0.377. The largest absolute Gasteiger partial charge is 0.306 e. The van der Waals surface area contributed by atoms with Gasteiger partial charge in [0.15, 0.2) is 11.3 Å². The molecule has 0 bridgehead atoms. The third-order valence-corrected chi connectivity index (χ3v) is 5.25. The molecule has 4 aromatic heterocycles. The second-order valence-electron chi connectivity index (χ2n) is 7.88. The van der Waals surface area contributed by atoms with Gasteiger partial charge in [0, 0.05) is 33.3 Å². The monoisotopic (exact) mass is 448 g/mol. The zero-order valence-corrected chi connectivity index (χ0v) is 18.5. The van der Waals surface area contributed by atoms with Gasteiger partial charge in [-0.25, -0.2) is 19.9 Å². The molecule has 8 nitrogen and oxygen atoms in total. The molecular weight excluding hydrogens is 428 g/mol. The molecule has 0 radical (unpaired) electrons. The average molecular weight is 448 g/mol. The number of fused-ring (bicyclic) bond motifs is 2. The minimum absolute atomic E-state index is 0.329. The number of carbonyl (C=O) groups excluding carboxylic acids is 2. The number of carbonyl (C=O) groups is 2. The first-order chi connectivity index (χ1) is 16.4. The molecule has 5 aromatic rings. The summed E-state index contributed by atoms with van der Waals surface area (Å²) in [5, 5.41) is 7.31. The SMILES string of the molecule is Cc1ccc2ccc(NC(=O)c3cccc(C(=O)Nc4ccc5ccc(C)nc5n4)c3)nc2n1. The van der Waals surface area contributed by atoms with Crippen LogP contribution in [0.15, 0.2) is 72.8 Å². The van der Waals surface area contributed by atoms with Crippen molar-refractivity contribution >= 4 is 45.5 Å². The van der Waals surface area contributed by atoms with E-state index in [-0.39, 0.29) is 11.8 Å². The number of aromatic nitrogens is 4. The molecule has 0 saturated heterocycles. The lowest BCUT2D eigenvalue weighted by Gasteiger charge is -2.08. The number of aryl methyl sites for hydroxylation is 2. The molecule has 2 N–H and O–H groups in total. The highest BCUT2D eigenvalue weighted by Crippen LogP contribution is 2.17. The summed E-state index contributed by atoms with van der Waals surface area (Å²) in [7, 11) is 0. The van der Waals surface area contributed by atoms with Crippen molar-refractivity contribution in [3.05, 3.63) is 95.3 Å². The number of anilines is 2. The molecule has 0 aliphatic carbocycles. The van der Waals surface area contributed by atoms with Gasteiger partial charge < -0.3 is 10.6 Å². The maximum atomic E-state index is 12.8. The molecule has 0 aliphatic heterocycles. The van der Waals surface area contributed by atoms with Gasteiger partial charge in [-0.3, -0.25) is 9.59 Å². The summed E-state index contributed by atoms with van der Waals surface area (Å²) < 4.78 is 0. The number of hydrogen-bond donors (Lipinski definition) is 2. The zero-order chi connectivity index (χ0) is 23.7. The highest BCUT2D eigenvalue weighted by Gasteiger charge is 2.13. The lowest BCUT2D eigenvalue weighted by molar-refractivity contribution is 0.102. The molecule has 8 heteroatoms. The summed E-state index contributed by atoms with van der Waals surface area (Å²) in [6.07, 6.45) is 0. The van der Waals surface area contributed by atoms with Crippen molar-refractivity contribution in [1.29, 1.82) is 0 Å². The third-order valence-electron chi connectivity index (χ3n) is 5.25. The highest BCUT2D eigenvalue weighted by atomic mass is 16.2. The molecule has 0 fully saturated rings. The van der Waals surface area contributed by atoms with Crippen molar-refractivity contribution in [2.24, 2.45) is 0 Å². The first kappa shape index (κ1) is 21.1. The Morgan fingerprint density at radius 1 is 0.588 bits per heavy atom. The molecule has 4 heterocycles. The van der Waals surface area contributed by atoms with Gasteiger partial charge in [0.1, 0.15) is 11.6 Å². The van der Waals surface area contributed by atoms with Crippen LogP contribution < -0.4 is 10.6 Å². The topological polar surface area (TPSA) is 110 Å². The quantitative estimate of drug-likeness (QED) is 0.413. The van der Waals surface area contributed by atoms with Gasteiger partial charge in [-0.2, -0.15) is 0 Å². The molecule has 0 spiro atoms. The van der Waals surface area contributed by atoms with Gasteiger partial charge in [0.05, 0.1) is 0 Å². The number of nitrogens with zero attached hydrogens (tertiary/aromatic N) is 4. The van der Waals surface area contributed by atoms with Crippen LogP contribution in [0.25, 0.3) is 22.1 Å². The van der Waals surface area contributed by atoms with Crippen LogP contribution in [0, 0.1) is 13.8 Å². The maximum absolute atomic E-state index is 12.8. The lowest BCUT2D eigenvalue weighted by Crippen LogP contribution is -2.16. The number of rotatable bonds is 4. The first-order valence-electron chi connectivity index (χ1n) is 10.7. The fraction of sp³-hybridized carbons (Fsp3) is 0.0769. The van der Waals surface area contributed by atoms with Crippen LogP contribution in [-0.4, -0.2) is 31.8 Å². The summed E-state index contributed by atoms with van der Waals surface area (Å²) in [4.78, 5) is 43.2. The van der Waals surface area contributed by atoms with Crippen LogP contribution in [0.3, 0.4) is 0 Å². The van der Waals surface area contributed by atoms with Gasteiger partial charge in [0.2, 0.25) is 0 Å². The summed E-state index contributed by atoms with van der Waals surface area (Å²) in [5.41, 5.74) is 3.45. The van der Waals surface area contributed by atoms with Crippen molar-refractivity contribution in [3.8, 4) is 0 Å². The van der Waals surface area contributed by atoms with E-state index in [9.17, 15) is 9.59 Å². The Morgan fingerprint density at radius 3 is 1.50 bits per heavy atom. The van der Waals surface area contributed by atoms with Crippen molar-refractivity contribution in [2.45, 2.75) is 13.8 Å². The number of hydrogen-bond acceptors (Lipinski definition) is 6. The van der Waals surface area contributed by atoms with Gasteiger partial charge in [-0.05, 0) is 80.6 Å². The van der Waals surface area contributed by atoms with E-state index in [4.69, 9.17) is 0 Å². The fourth-order valence-electron chi connectivity index (χ4n) is 3.50. The highest BCUT2D eigenvalue weighted by molar-refractivity contribution is 6.08. The van der Waals surface area contributed by atoms with Crippen LogP contribution in [-0.2, 0) is 0 Å². The fourth-order valence-corrected chi connectivity index (χ4v) is 3.50. The minimum Gasteiger partial charge on any atom is -0.306 e. The van der Waals surface area contributed by atoms with E-state index in [0.29, 0.717) is 34.1 Å². The molecule has 0 saturated carbocycles. The Labute approximate surface area is 195 Å². The first-order valence-corrected chi connectivity index (χ1v) is 10.7. The van der Waals surface area contributed by atoms with Crippen molar-refractivity contribution < 1.29 is 9.59 Å². The smallest absolute Gasteiger partial charge is 0.256 e. The van der Waals surface area contributed by atoms with Crippen LogP contribution in [0.1, 0.15) is 32.1 Å². The van der Waals surface area contributed by atoms with E-state index in [2.05, 4.69) is 30.6 Å². The summed E-state index contributed by atoms with van der Waals surface area (Å²) in [6, 6.07) is 21.3. The zero-order valence-electron chi connectivity index (χ0n) is 18.5. The molecule has 0 aliphatic rings. The predicted octanol–water partition coefficient (Wildman–Crippen LogP) is 4.69. The molecule has 166 valence electrons. The van der Waals surface area contributed by atoms with E-state index in [0.717, 1.165) is 22.2 Å². The van der Waals surface area contributed by atoms with E-state index in [1.807, 2.05) is 50.2 Å². The maximum Gasteiger partial charge on any atom is 0.256 e. The van der Waals surface area contributed by atoms with Crippen molar-refractivity contribution in [1.82, 2.24) is 19.9 Å². The van der Waals surface area contributed by atoms with Crippen LogP contribution in [0.2, 0.25) is 0 Å². The Morgan fingerprint density at radius 2 is 1.03 bits per heavy atom. The molecule has 2 amide bonds. The summed E-state index contributed by atoms with van der Waals surface area (Å²) in [6.45, 7) is 3.77. The number of benzene rings is 1. The Hall–Kier alpha value is -4.72. The predicted molar refractivity (Wildman–Crippen MR) is 131 cm³/mol. The second kappa shape index (κ2) is 8.67. The Bertz CT molecular complexity index is 1470. The van der Waals surface area contributed by atoms with Gasteiger partial charge in [-0.15, -0.1) is 0 Å². The average Bonchev–Trinajstić information content (AvgIpc) is 2.83. The van der Waals surface area contributed by atoms with E-state index in [1.165, 1.54) is 6.07 Å². The normalized spacial score (nSPS) is 10.9. The second-order valence-corrected chi connectivity index (χ2v) is 7.88. The van der Waals surface area contributed by atoms with Gasteiger partial charge >= 0.3 is 0 Å². The van der Waals surface area contributed by atoms with E-state index < -0.39 is 0 Å². The van der Waals surface area contributed by atoms with Crippen LogP contribution >= 0.6 is 0 Å². The Balaban J connectivity index is 1.33.